The number of aliphatic imine (C=N–C) groups is 1. The second kappa shape index (κ2) is 13.9. The molecule has 1 aromatic heterocycles. The summed E-state index contributed by atoms with van der Waals surface area (Å²) in [5.74, 6) is 0.868. The number of rotatable bonds is 8. The second-order valence-electron chi connectivity index (χ2n) is 9.22. The lowest BCUT2D eigenvalue weighted by Gasteiger charge is -2.20. The Morgan fingerprint density at radius 2 is 1.70 bits per heavy atom. The standard InChI is InChI=1S/C26H42N6.HI/c1-6-27-26(29-20(2)17-25-21(3)30-31(5)22(25)4)28-18-23-11-13-24(14-12-23)19-32-15-9-7-8-10-16-32;/h11-14,20H,6-10,15-19H2,1-5H3,(H2,27,28,29);1H. The van der Waals surface area contributed by atoms with E-state index < -0.39 is 0 Å². The maximum Gasteiger partial charge on any atom is 0.191 e. The van der Waals surface area contributed by atoms with Crippen LogP contribution in [0.25, 0.3) is 0 Å². The van der Waals surface area contributed by atoms with Gasteiger partial charge in [0.25, 0.3) is 0 Å². The van der Waals surface area contributed by atoms with Gasteiger partial charge in [-0.3, -0.25) is 9.58 Å². The van der Waals surface area contributed by atoms with Crippen LogP contribution in [0.5, 0.6) is 0 Å². The van der Waals surface area contributed by atoms with E-state index in [2.05, 4.69) is 72.6 Å². The van der Waals surface area contributed by atoms with E-state index in [0.717, 1.165) is 31.2 Å². The van der Waals surface area contributed by atoms with Crippen molar-refractivity contribution in [1.29, 1.82) is 0 Å². The smallest absolute Gasteiger partial charge is 0.191 e. The van der Waals surface area contributed by atoms with E-state index in [9.17, 15) is 0 Å². The minimum atomic E-state index is 0. The van der Waals surface area contributed by atoms with Gasteiger partial charge in [-0.05, 0) is 76.7 Å². The maximum absolute atomic E-state index is 4.84. The molecule has 6 nitrogen and oxygen atoms in total. The van der Waals surface area contributed by atoms with Crippen LogP contribution in [0.1, 0.15) is 67.6 Å². The monoisotopic (exact) mass is 566 g/mol. The number of likely N-dealkylation sites (tertiary alicyclic amines) is 1. The molecule has 184 valence electrons. The number of aryl methyl sites for hydroxylation is 2. The molecule has 1 aliphatic rings. The first-order valence-corrected chi connectivity index (χ1v) is 12.3. The topological polar surface area (TPSA) is 57.5 Å². The fraction of sp³-hybridized carbons (Fsp3) is 0.615. The zero-order chi connectivity index (χ0) is 22.9. The van der Waals surface area contributed by atoms with Crippen LogP contribution in [0.2, 0.25) is 0 Å². The molecule has 1 fully saturated rings. The molecular formula is C26H43IN6. The van der Waals surface area contributed by atoms with Gasteiger partial charge in [-0.15, -0.1) is 24.0 Å². The van der Waals surface area contributed by atoms with Gasteiger partial charge in [0, 0.05) is 31.9 Å². The van der Waals surface area contributed by atoms with Crippen molar-refractivity contribution in [3.8, 4) is 0 Å². The van der Waals surface area contributed by atoms with Gasteiger partial charge in [0.05, 0.1) is 12.2 Å². The van der Waals surface area contributed by atoms with Crippen molar-refractivity contribution < 1.29 is 0 Å². The summed E-state index contributed by atoms with van der Waals surface area (Å²) in [6.07, 6.45) is 6.38. The second-order valence-corrected chi connectivity index (χ2v) is 9.22. The Morgan fingerprint density at radius 3 is 2.27 bits per heavy atom. The van der Waals surface area contributed by atoms with Gasteiger partial charge in [-0.1, -0.05) is 37.1 Å². The van der Waals surface area contributed by atoms with Gasteiger partial charge in [0.15, 0.2) is 5.96 Å². The lowest BCUT2D eigenvalue weighted by Crippen LogP contribution is -2.43. The number of nitrogens with zero attached hydrogens (tertiary/aromatic N) is 4. The number of benzene rings is 1. The Balaban J connectivity index is 0.00000385. The zero-order valence-electron chi connectivity index (χ0n) is 21.2. The molecular weight excluding hydrogens is 523 g/mol. The highest BCUT2D eigenvalue weighted by molar-refractivity contribution is 14.0. The molecule has 1 aliphatic heterocycles. The Hall–Kier alpha value is -1.61. The first kappa shape index (κ1) is 27.6. The maximum atomic E-state index is 4.84. The SMILES string of the molecule is CCNC(=NCc1ccc(CN2CCCCCC2)cc1)NC(C)Cc1c(C)nn(C)c1C.I. The third-order valence-corrected chi connectivity index (χ3v) is 6.44. The fourth-order valence-corrected chi connectivity index (χ4v) is 4.50. The van der Waals surface area contributed by atoms with E-state index >= 15 is 0 Å². The van der Waals surface area contributed by atoms with Gasteiger partial charge in [0.2, 0.25) is 0 Å². The Morgan fingerprint density at radius 1 is 1.06 bits per heavy atom. The molecule has 0 amide bonds. The van der Waals surface area contributed by atoms with Crippen LogP contribution >= 0.6 is 24.0 Å². The summed E-state index contributed by atoms with van der Waals surface area (Å²) in [6.45, 7) is 13.6. The third-order valence-electron chi connectivity index (χ3n) is 6.44. The van der Waals surface area contributed by atoms with Crippen LogP contribution in [-0.2, 0) is 26.6 Å². The average molecular weight is 567 g/mol. The lowest BCUT2D eigenvalue weighted by molar-refractivity contribution is 0.277. The number of nitrogens with one attached hydrogen (secondary N) is 2. The number of guanidine groups is 1. The van der Waals surface area contributed by atoms with Crippen molar-refractivity contribution in [2.75, 3.05) is 19.6 Å². The lowest BCUT2D eigenvalue weighted by atomic mass is 10.1. The molecule has 1 unspecified atom stereocenters. The molecule has 2 N–H and O–H groups in total. The van der Waals surface area contributed by atoms with Crippen molar-refractivity contribution in [2.45, 2.75) is 78.9 Å². The highest BCUT2D eigenvalue weighted by Crippen LogP contribution is 2.15. The van der Waals surface area contributed by atoms with Crippen molar-refractivity contribution in [3.63, 3.8) is 0 Å². The van der Waals surface area contributed by atoms with Crippen molar-refractivity contribution >= 4 is 29.9 Å². The highest BCUT2D eigenvalue weighted by atomic mass is 127. The van der Waals surface area contributed by atoms with Crippen molar-refractivity contribution in [1.82, 2.24) is 25.3 Å². The summed E-state index contributed by atoms with van der Waals surface area (Å²) in [7, 11) is 2.01. The normalized spacial score (nSPS) is 16.1. The summed E-state index contributed by atoms with van der Waals surface area (Å²) in [6, 6.07) is 9.27. The fourth-order valence-electron chi connectivity index (χ4n) is 4.50. The van der Waals surface area contributed by atoms with E-state index in [1.807, 2.05) is 11.7 Å². The molecule has 3 rings (SSSR count). The molecule has 0 saturated carbocycles. The van der Waals surface area contributed by atoms with Gasteiger partial charge < -0.3 is 10.6 Å². The van der Waals surface area contributed by atoms with Crippen LogP contribution in [0.4, 0.5) is 0 Å². The quantitative estimate of drug-likeness (QED) is 0.276. The zero-order valence-corrected chi connectivity index (χ0v) is 23.5. The molecule has 1 atom stereocenters. The van der Waals surface area contributed by atoms with E-state index in [0.29, 0.717) is 6.54 Å². The highest BCUT2D eigenvalue weighted by Gasteiger charge is 2.14. The van der Waals surface area contributed by atoms with E-state index in [-0.39, 0.29) is 30.0 Å². The van der Waals surface area contributed by atoms with Gasteiger partial charge in [0.1, 0.15) is 0 Å². The molecule has 0 radical (unpaired) electrons. The summed E-state index contributed by atoms with van der Waals surface area (Å²) in [5, 5.41) is 11.5. The predicted octanol–water partition coefficient (Wildman–Crippen LogP) is 4.72. The molecule has 0 spiro atoms. The summed E-state index contributed by atoms with van der Waals surface area (Å²) in [5.41, 5.74) is 6.32. The Kier molecular flexibility index (Phi) is 11.7. The number of aromatic nitrogens is 2. The Bertz CT molecular complexity index is 866. The Labute approximate surface area is 217 Å². The molecule has 1 saturated heterocycles. The first-order chi connectivity index (χ1) is 15.5. The van der Waals surface area contributed by atoms with Crippen molar-refractivity contribution in [3.05, 3.63) is 52.3 Å². The average Bonchev–Trinajstić information content (AvgIpc) is 2.95. The summed E-state index contributed by atoms with van der Waals surface area (Å²) < 4.78 is 1.97. The minimum absolute atomic E-state index is 0. The van der Waals surface area contributed by atoms with Crippen LogP contribution in [0.3, 0.4) is 0 Å². The first-order valence-electron chi connectivity index (χ1n) is 12.3. The minimum Gasteiger partial charge on any atom is -0.357 e. The summed E-state index contributed by atoms with van der Waals surface area (Å²) in [4.78, 5) is 7.43. The number of hydrogen-bond acceptors (Lipinski definition) is 3. The van der Waals surface area contributed by atoms with Gasteiger partial charge in [-0.2, -0.15) is 5.10 Å². The van der Waals surface area contributed by atoms with Crippen LogP contribution < -0.4 is 10.6 Å². The van der Waals surface area contributed by atoms with E-state index in [4.69, 9.17) is 4.99 Å². The van der Waals surface area contributed by atoms with Crippen LogP contribution in [0, 0.1) is 13.8 Å². The predicted molar refractivity (Wildman–Crippen MR) is 149 cm³/mol. The molecule has 33 heavy (non-hydrogen) atoms. The largest absolute Gasteiger partial charge is 0.357 e. The number of halogens is 1. The van der Waals surface area contributed by atoms with E-state index in [1.165, 1.54) is 61.2 Å². The molecule has 0 bridgehead atoms. The van der Waals surface area contributed by atoms with Gasteiger partial charge in [-0.25, -0.2) is 4.99 Å². The molecule has 2 aromatic rings. The van der Waals surface area contributed by atoms with Crippen molar-refractivity contribution in [2.24, 2.45) is 12.0 Å². The molecule has 2 heterocycles. The van der Waals surface area contributed by atoms with Gasteiger partial charge >= 0.3 is 0 Å². The molecule has 1 aromatic carbocycles. The van der Waals surface area contributed by atoms with Crippen LogP contribution in [-0.4, -0.2) is 46.3 Å². The van der Waals surface area contributed by atoms with Crippen LogP contribution in [0.15, 0.2) is 29.3 Å². The molecule has 0 aliphatic carbocycles. The van der Waals surface area contributed by atoms with E-state index in [1.54, 1.807) is 0 Å². The third kappa shape index (κ3) is 8.59. The summed E-state index contributed by atoms with van der Waals surface area (Å²) >= 11 is 0. The molecule has 7 heteroatoms. The number of hydrogen-bond donors (Lipinski definition) is 2.